The van der Waals surface area contributed by atoms with Crippen LogP contribution in [-0.2, 0) is 0 Å². The zero-order valence-electron chi connectivity index (χ0n) is 9.22. The second-order valence-electron chi connectivity index (χ2n) is 3.49. The fourth-order valence-electron chi connectivity index (χ4n) is 1.61. The second kappa shape index (κ2) is 4.58. The number of rotatable bonds is 3. The largest absolute Gasteiger partial charge is 0.296 e. The predicted octanol–water partition coefficient (Wildman–Crippen LogP) is 2.09. The molecule has 0 radical (unpaired) electrons. The lowest BCUT2D eigenvalue weighted by molar-refractivity contribution is 0.111. The molecule has 3 heterocycles. The Morgan fingerprint density at radius 3 is 3.00 bits per heavy atom. The van der Waals surface area contributed by atoms with E-state index < -0.39 is 0 Å². The van der Waals surface area contributed by atoms with Gasteiger partial charge < -0.3 is 0 Å². The number of imidazole rings is 1. The van der Waals surface area contributed by atoms with Crippen LogP contribution in [0.15, 0.2) is 53.0 Å². The molecule has 0 aliphatic carbocycles. The van der Waals surface area contributed by atoms with E-state index in [9.17, 15) is 4.79 Å². The Kier molecular flexibility index (Phi) is 2.77. The van der Waals surface area contributed by atoms with Crippen molar-refractivity contribution >= 4 is 23.7 Å². The highest BCUT2D eigenvalue weighted by Crippen LogP contribution is 2.27. The van der Waals surface area contributed by atoms with Gasteiger partial charge in [0, 0.05) is 18.6 Å². The van der Waals surface area contributed by atoms with Gasteiger partial charge in [-0.1, -0.05) is 6.07 Å². The maximum absolute atomic E-state index is 11.2. The molecule has 0 bridgehead atoms. The fourth-order valence-corrected chi connectivity index (χ4v) is 2.43. The number of fused-ring (bicyclic) bond motifs is 1. The Balaban J connectivity index is 2.09. The minimum atomic E-state index is 0.529. The van der Waals surface area contributed by atoms with E-state index in [1.165, 1.54) is 11.8 Å². The number of aromatic nitrogens is 4. The van der Waals surface area contributed by atoms with Crippen molar-refractivity contribution in [1.82, 2.24) is 19.4 Å². The molecule has 0 N–H and O–H groups in total. The van der Waals surface area contributed by atoms with Crippen molar-refractivity contribution in [1.29, 1.82) is 0 Å². The molecule has 0 atom stereocenters. The monoisotopic (exact) mass is 256 g/mol. The molecule has 0 saturated heterocycles. The van der Waals surface area contributed by atoms with Crippen LogP contribution in [0.3, 0.4) is 0 Å². The average molecular weight is 256 g/mol. The zero-order valence-corrected chi connectivity index (χ0v) is 10.0. The van der Waals surface area contributed by atoms with E-state index in [2.05, 4.69) is 15.0 Å². The molecule has 0 fully saturated rings. The summed E-state index contributed by atoms with van der Waals surface area (Å²) >= 11 is 1.33. The van der Waals surface area contributed by atoms with E-state index in [4.69, 9.17) is 0 Å². The third kappa shape index (κ3) is 1.86. The molecule has 5 nitrogen and oxygen atoms in total. The van der Waals surface area contributed by atoms with Crippen LogP contribution in [0, 0.1) is 0 Å². The smallest absolute Gasteiger partial charge is 0.169 e. The summed E-state index contributed by atoms with van der Waals surface area (Å²) in [5, 5.41) is 1.35. The minimum Gasteiger partial charge on any atom is -0.296 e. The van der Waals surface area contributed by atoms with Gasteiger partial charge in [-0.15, -0.1) is 0 Å². The first-order valence-electron chi connectivity index (χ1n) is 5.24. The Morgan fingerprint density at radius 1 is 1.28 bits per heavy atom. The summed E-state index contributed by atoms with van der Waals surface area (Å²) in [5.41, 5.74) is 1.27. The molecule has 3 aromatic heterocycles. The summed E-state index contributed by atoms with van der Waals surface area (Å²) in [4.78, 5) is 23.7. The van der Waals surface area contributed by atoms with Crippen molar-refractivity contribution in [2.24, 2.45) is 0 Å². The lowest BCUT2D eigenvalue weighted by Gasteiger charge is -1.96. The van der Waals surface area contributed by atoms with E-state index in [1.54, 1.807) is 23.0 Å². The first kappa shape index (κ1) is 10.9. The summed E-state index contributed by atoms with van der Waals surface area (Å²) in [7, 11) is 0. The number of carbonyl (C=O) groups excluding carboxylic acids is 1. The maximum Gasteiger partial charge on any atom is 0.169 e. The van der Waals surface area contributed by atoms with Crippen LogP contribution in [0.5, 0.6) is 0 Å². The third-order valence-corrected chi connectivity index (χ3v) is 3.30. The molecule has 0 aromatic carbocycles. The van der Waals surface area contributed by atoms with E-state index in [0.717, 1.165) is 11.9 Å². The molecule has 3 rings (SSSR count). The molecule has 88 valence electrons. The normalized spacial score (nSPS) is 10.7. The van der Waals surface area contributed by atoms with Crippen LogP contribution in [0.4, 0.5) is 0 Å². The van der Waals surface area contributed by atoms with Gasteiger partial charge in [0.1, 0.15) is 21.4 Å². The Bertz CT molecular complexity index is 696. The molecule has 0 aliphatic heterocycles. The van der Waals surface area contributed by atoms with Crippen LogP contribution in [-0.4, -0.2) is 25.6 Å². The van der Waals surface area contributed by atoms with Gasteiger partial charge in [-0.3, -0.25) is 14.2 Å². The standard InChI is InChI=1S/C12H8N4OS/c17-8-9-12(18-11-7-13-4-5-14-11)15-10-3-1-2-6-16(9)10/h1-8H. The molecule has 0 unspecified atom stereocenters. The average Bonchev–Trinajstić information content (AvgIpc) is 2.77. The quantitative estimate of drug-likeness (QED) is 0.671. The third-order valence-electron chi connectivity index (χ3n) is 2.39. The Morgan fingerprint density at radius 2 is 2.22 bits per heavy atom. The highest BCUT2D eigenvalue weighted by Gasteiger charge is 2.12. The minimum absolute atomic E-state index is 0.529. The van der Waals surface area contributed by atoms with Gasteiger partial charge in [-0.2, -0.15) is 0 Å². The fraction of sp³-hybridized carbons (Fsp3) is 0. The van der Waals surface area contributed by atoms with Gasteiger partial charge in [0.25, 0.3) is 0 Å². The van der Waals surface area contributed by atoms with E-state index in [0.29, 0.717) is 15.7 Å². The zero-order chi connectivity index (χ0) is 12.4. The second-order valence-corrected chi connectivity index (χ2v) is 4.50. The number of carbonyl (C=O) groups is 1. The van der Waals surface area contributed by atoms with Crippen molar-refractivity contribution in [3.05, 3.63) is 48.7 Å². The molecule has 3 aromatic rings. The van der Waals surface area contributed by atoms with Gasteiger partial charge in [-0.25, -0.2) is 9.97 Å². The molecule has 6 heteroatoms. The molecule has 0 amide bonds. The van der Waals surface area contributed by atoms with E-state index >= 15 is 0 Å². The van der Waals surface area contributed by atoms with Crippen LogP contribution in [0.2, 0.25) is 0 Å². The SMILES string of the molecule is O=Cc1c(Sc2cnccn2)nc2ccccn12. The summed E-state index contributed by atoms with van der Waals surface area (Å²) in [6, 6.07) is 5.60. The topological polar surface area (TPSA) is 60.2 Å². The van der Waals surface area contributed by atoms with Crippen LogP contribution < -0.4 is 0 Å². The number of aldehydes is 1. The number of nitrogens with zero attached hydrogens (tertiary/aromatic N) is 4. The van der Waals surface area contributed by atoms with Crippen LogP contribution in [0.25, 0.3) is 5.65 Å². The van der Waals surface area contributed by atoms with Gasteiger partial charge in [0.05, 0.1) is 6.20 Å². The summed E-state index contributed by atoms with van der Waals surface area (Å²) in [6.45, 7) is 0. The molecular formula is C12H8N4OS. The maximum atomic E-state index is 11.2. The highest BCUT2D eigenvalue weighted by atomic mass is 32.2. The first-order chi connectivity index (χ1) is 8.88. The molecular weight excluding hydrogens is 248 g/mol. The Labute approximate surface area is 107 Å². The number of hydrogen-bond donors (Lipinski definition) is 0. The Hall–Kier alpha value is -2.21. The number of pyridine rings is 1. The molecule has 0 aliphatic rings. The highest BCUT2D eigenvalue weighted by molar-refractivity contribution is 7.99. The van der Waals surface area contributed by atoms with Gasteiger partial charge in [0.2, 0.25) is 0 Å². The molecule has 0 saturated carbocycles. The lowest BCUT2D eigenvalue weighted by atomic mass is 10.4. The predicted molar refractivity (Wildman–Crippen MR) is 66.7 cm³/mol. The summed E-state index contributed by atoms with van der Waals surface area (Å²) < 4.78 is 1.76. The summed E-state index contributed by atoms with van der Waals surface area (Å²) in [5.74, 6) is 0. The lowest BCUT2D eigenvalue weighted by Crippen LogP contribution is -1.91. The van der Waals surface area contributed by atoms with Crippen molar-refractivity contribution < 1.29 is 4.79 Å². The van der Waals surface area contributed by atoms with Crippen molar-refractivity contribution in [2.45, 2.75) is 10.1 Å². The molecule has 18 heavy (non-hydrogen) atoms. The first-order valence-corrected chi connectivity index (χ1v) is 6.06. The van der Waals surface area contributed by atoms with Crippen molar-refractivity contribution in [2.75, 3.05) is 0 Å². The van der Waals surface area contributed by atoms with Gasteiger partial charge in [-0.05, 0) is 23.9 Å². The van der Waals surface area contributed by atoms with Gasteiger partial charge >= 0.3 is 0 Å². The molecule has 0 spiro atoms. The number of hydrogen-bond acceptors (Lipinski definition) is 5. The van der Waals surface area contributed by atoms with E-state index in [1.807, 2.05) is 24.4 Å². The van der Waals surface area contributed by atoms with Crippen molar-refractivity contribution in [3.8, 4) is 0 Å². The van der Waals surface area contributed by atoms with Crippen molar-refractivity contribution in [3.63, 3.8) is 0 Å². The summed E-state index contributed by atoms with van der Waals surface area (Å²) in [6.07, 6.45) is 7.47. The van der Waals surface area contributed by atoms with Crippen LogP contribution >= 0.6 is 11.8 Å². The van der Waals surface area contributed by atoms with Crippen LogP contribution in [0.1, 0.15) is 10.5 Å². The van der Waals surface area contributed by atoms with Gasteiger partial charge in [0.15, 0.2) is 6.29 Å². The van der Waals surface area contributed by atoms with E-state index in [-0.39, 0.29) is 0 Å².